The fraction of sp³-hybridized carbons (Fsp3) is 0.538. The molecule has 0 aliphatic carbocycles. The lowest BCUT2D eigenvalue weighted by molar-refractivity contribution is 0.0182. The zero-order chi connectivity index (χ0) is 13.1. The average Bonchev–Trinajstić information content (AvgIpc) is 2.35. The first-order valence-corrected chi connectivity index (χ1v) is 6.46. The van der Waals surface area contributed by atoms with Gasteiger partial charge in [0.1, 0.15) is 0 Å². The summed E-state index contributed by atoms with van der Waals surface area (Å²) in [4.78, 5) is 1.82. The van der Waals surface area contributed by atoms with E-state index in [2.05, 4.69) is 5.32 Å². The molecule has 0 spiro atoms. The van der Waals surface area contributed by atoms with Crippen molar-refractivity contribution in [3.05, 3.63) is 34.3 Å². The smallest absolute Gasteiger partial charge is 0.258 e. The van der Waals surface area contributed by atoms with Gasteiger partial charge in [-0.2, -0.15) is 0 Å². The summed E-state index contributed by atoms with van der Waals surface area (Å²) in [6.07, 6.45) is -2.40. The van der Waals surface area contributed by atoms with E-state index in [4.69, 9.17) is 11.6 Å². The zero-order valence-electron chi connectivity index (χ0n) is 11.1. The predicted molar refractivity (Wildman–Crippen MR) is 83.9 cm³/mol. The van der Waals surface area contributed by atoms with Gasteiger partial charge < -0.3 is 5.32 Å². The molecule has 0 bridgehead atoms. The zero-order valence-corrected chi connectivity index (χ0v) is 13.5. The fourth-order valence-corrected chi connectivity index (χ4v) is 2.46. The first-order chi connectivity index (χ1) is 8.59. The number of hydrogen-bond donors (Lipinski definition) is 1. The first kappa shape index (κ1) is 19.9. The van der Waals surface area contributed by atoms with Gasteiger partial charge in [-0.25, -0.2) is 8.78 Å². The Morgan fingerprint density at radius 1 is 1.20 bits per heavy atom. The molecule has 1 aromatic rings. The molecule has 0 radical (unpaired) electrons. The van der Waals surface area contributed by atoms with Gasteiger partial charge in [-0.3, -0.25) is 4.90 Å². The second-order valence-electron chi connectivity index (χ2n) is 4.57. The highest BCUT2D eigenvalue weighted by atomic mass is 35.5. The largest absolute Gasteiger partial charge is 0.314 e. The molecule has 0 amide bonds. The molecule has 0 saturated carbocycles. The van der Waals surface area contributed by atoms with Crippen LogP contribution in [0.15, 0.2) is 18.2 Å². The van der Waals surface area contributed by atoms with Crippen molar-refractivity contribution in [2.75, 3.05) is 26.2 Å². The maximum Gasteiger partial charge on any atom is 0.258 e. The van der Waals surface area contributed by atoms with Crippen LogP contribution in [0.25, 0.3) is 0 Å². The van der Waals surface area contributed by atoms with Gasteiger partial charge in [-0.1, -0.05) is 23.7 Å². The van der Waals surface area contributed by atoms with E-state index in [-0.39, 0.29) is 24.8 Å². The molecule has 1 aliphatic heterocycles. The molecule has 116 valence electrons. The molecule has 0 aromatic heterocycles. The lowest BCUT2D eigenvalue weighted by atomic mass is 10.0. The third kappa shape index (κ3) is 4.71. The van der Waals surface area contributed by atoms with Crippen molar-refractivity contribution in [3.8, 4) is 0 Å². The summed E-state index contributed by atoms with van der Waals surface area (Å²) in [6, 6.07) is 4.36. The van der Waals surface area contributed by atoms with Gasteiger partial charge >= 0.3 is 0 Å². The number of nitrogens with zero attached hydrogens (tertiary/aromatic N) is 1. The van der Waals surface area contributed by atoms with E-state index in [0.29, 0.717) is 23.7 Å². The second-order valence-corrected chi connectivity index (χ2v) is 4.98. The van der Waals surface area contributed by atoms with Crippen molar-refractivity contribution in [1.29, 1.82) is 0 Å². The van der Waals surface area contributed by atoms with Crippen LogP contribution in [-0.4, -0.2) is 37.5 Å². The molecule has 1 heterocycles. The minimum absolute atomic E-state index is 0. The van der Waals surface area contributed by atoms with Crippen LogP contribution in [-0.2, 0) is 0 Å². The van der Waals surface area contributed by atoms with E-state index < -0.39 is 12.5 Å². The van der Waals surface area contributed by atoms with Crippen molar-refractivity contribution in [3.63, 3.8) is 0 Å². The minimum atomic E-state index is -2.40. The molecule has 7 heteroatoms. The van der Waals surface area contributed by atoms with Gasteiger partial charge in [0.2, 0.25) is 0 Å². The number of halogens is 5. The van der Waals surface area contributed by atoms with E-state index in [9.17, 15) is 8.78 Å². The Morgan fingerprint density at radius 2 is 1.80 bits per heavy atom. The van der Waals surface area contributed by atoms with Gasteiger partial charge in [0.05, 0.1) is 6.04 Å². The molecule has 1 saturated heterocycles. The Morgan fingerprint density at radius 3 is 2.30 bits per heavy atom. The summed E-state index contributed by atoms with van der Waals surface area (Å²) >= 11 is 6.03. The highest BCUT2D eigenvalue weighted by molar-refractivity contribution is 6.31. The normalized spacial score (nSPS) is 17.2. The molecule has 1 atom stereocenters. The number of benzene rings is 1. The third-order valence-corrected chi connectivity index (χ3v) is 3.73. The molecule has 2 rings (SSSR count). The van der Waals surface area contributed by atoms with Gasteiger partial charge in [-0.15, -0.1) is 24.8 Å². The number of piperazine rings is 1. The van der Waals surface area contributed by atoms with Crippen molar-refractivity contribution >= 4 is 36.4 Å². The van der Waals surface area contributed by atoms with Crippen LogP contribution in [0.4, 0.5) is 8.78 Å². The van der Waals surface area contributed by atoms with Crippen molar-refractivity contribution in [2.45, 2.75) is 19.4 Å². The third-order valence-electron chi connectivity index (χ3n) is 3.32. The molecule has 1 aliphatic rings. The Hall–Kier alpha value is -0.130. The van der Waals surface area contributed by atoms with Gasteiger partial charge in [-0.05, 0) is 24.1 Å². The number of aryl methyl sites for hydroxylation is 1. The maximum absolute atomic E-state index is 13.3. The average molecular weight is 348 g/mol. The molecule has 20 heavy (non-hydrogen) atoms. The van der Waals surface area contributed by atoms with Gasteiger partial charge in [0.15, 0.2) is 0 Å². The summed E-state index contributed by atoms with van der Waals surface area (Å²) in [7, 11) is 0. The number of alkyl halides is 2. The first-order valence-electron chi connectivity index (χ1n) is 6.08. The summed E-state index contributed by atoms with van der Waals surface area (Å²) < 4.78 is 26.6. The van der Waals surface area contributed by atoms with Crippen LogP contribution < -0.4 is 5.32 Å². The quantitative estimate of drug-likeness (QED) is 0.897. The molecule has 0 unspecified atom stereocenters. The monoisotopic (exact) mass is 346 g/mol. The Labute approximate surface area is 135 Å². The summed E-state index contributed by atoms with van der Waals surface area (Å²) in [6.45, 7) is 4.65. The molecular formula is C13H19Cl3F2N2. The van der Waals surface area contributed by atoms with E-state index >= 15 is 0 Å². The lowest BCUT2D eigenvalue weighted by Gasteiger charge is -2.34. The van der Waals surface area contributed by atoms with Gasteiger partial charge in [0.25, 0.3) is 6.43 Å². The fourth-order valence-electron chi connectivity index (χ4n) is 2.27. The molecular weight excluding hydrogens is 329 g/mol. The van der Waals surface area contributed by atoms with Crippen molar-refractivity contribution in [2.24, 2.45) is 0 Å². The Balaban J connectivity index is 0.00000180. The summed E-state index contributed by atoms with van der Waals surface area (Å²) in [5.74, 6) is 0. The molecule has 1 N–H and O–H groups in total. The number of nitrogens with one attached hydrogen (secondary N) is 1. The highest BCUT2D eigenvalue weighted by Gasteiger charge is 2.30. The van der Waals surface area contributed by atoms with Crippen LogP contribution in [0.1, 0.15) is 17.2 Å². The lowest BCUT2D eigenvalue weighted by Crippen LogP contribution is -2.46. The number of hydrogen-bond acceptors (Lipinski definition) is 2. The second kappa shape index (κ2) is 9.00. The van der Waals surface area contributed by atoms with Crippen LogP contribution in [0.3, 0.4) is 0 Å². The van der Waals surface area contributed by atoms with E-state index in [0.717, 1.165) is 18.7 Å². The topological polar surface area (TPSA) is 15.3 Å². The van der Waals surface area contributed by atoms with E-state index in [1.165, 1.54) is 0 Å². The van der Waals surface area contributed by atoms with Crippen LogP contribution in [0.5, 0.6) is 0 Å². The molecule has 2 nitrogen and oxygen atoms in total. The van der Waals surface area contributed by atoms with E-state index in [1.54, 1.807) is 18.2 Å². The minimum Gasteiger partial charge on any atom is -0.314 e. The van der Waals surface area contributed by atoms with E-state index in [1.807, 2.05) is 11.8 Å². The van der Waals surface area contributed by atoms with Crippen LogP contribution in [0.2, 0.25) is 5.02 Å². The molecule has 1 aromatic carbocycles. The summed E-state index contributed by atoms with van der Waals surface area (Å²) in [5, 5.41) is 3.72. The van der Waals surface area contributed by atoms with Crippen molar-refractivity contribution < 1.29 is 8.78 Å². The highest BCUT2D eigenvalue weighted by Crippen LogP contribution is 2.30. The Bertz CT molecular complexity index is 413. The van der Waals surface area contributed by atoms with Gasteiger partial charge in [0, 0.05) is 31.2 Å². The SMILES string of the molecule is Cc1ccc([C@@H](C(F)F)N2CCNCC2)cc1Cl.Cl.Cl. The Kier molecular flexibility index (Phi) is 8.95. The van der Waals surface area contributed by atoms with Crippen LogP contribution >= 0.6 is 36.4 Å². The maximum atomic E-state index is 13.3. The molecule has 1 fully saturated rings. The van der Waals surface area contributed by atoms with Crippen molar-refractivity contribution in [1.82, 2.24) is 10.2 Å². The predicted octanol–water partition coefficient (Wildman–Crippen LogP) is 3.70. The summed E-state index contributed by atoms with van der Waals surface area (Å²) in [5.41, 5.74) is 1.51. The standard InChI is InChI=1S/C13H17ClF2N2.2ClH/c1-9-2-3-10(8-11(9)14)12(13(15)16)18-6-4-17-5-7-18;;/h2-3,8,12-13,17H,4-7H2,1H3;2*1H/t12-;;/m0../s1. The van der Waals surface area contributed by atoms with Crippen LogP contribution in [0, 0.1) is 6.92 Å². The number of rotatable bonds is 3.